The minimum Gasteiger partial charge on any atom is -0.489 e. The van der Waals surface area contributed by atoms with Gasteiger partial charge in [-0.05, 0) is 18.6 Å². The van der Waals surface area contributed by atoms with Crippen molar-refractivity contribution in [3.05, 3.63) is 29.6 Å². The zero-order valence-corrected chi connectivity index (χ0v) is 9.74. The number of ether oxygens (including phenoxy) is 1. The smallest absolute Gasteiger partial charge is 0.154 e. The van der Waals surface area contributed by atoms with Crippen molar-refractivity contribution in [2.45, 2.75) is 12.5 Å². The van der Waals surface area contributed by atoms with Gasteiger partial charge in [0, 0.05) is 11.6 Å². The number of hydrogen-bond acceptors (Lipinski definition) is 4. The fourth-order valence-corrected chi connectivity index (χ4v) is 3.36. The first-order chi connectivity index (χ1) is 7.98. The monoisotopic (exact) mass is 258 g/mol. The first-order valence-electron chi connectivity index (χ1n) is 5.11. The molecule has 1 unspecified atom stereocenters. The van der Waals surface area contributed by atoms with Gasteiger partial charge in [0.25, 0.3) is 0 Å². The summed E-state index contributed by atoms with van der Waals surface area (Å²) in [5.74, 6) is -0.354. The molecular formula is C11H11FO4S. The number of benzene rings is 1. The predicted molar refractivity (Wildman–Crippen MR) is 59.5 cm³/mol. The number of halogens is 1. The van der Waals surface area contributed by atoms with Crippen molar-refractivity contribution in [3.8, 4) is 5.75 Å². The first kappa shape index (κ1) is 12.0. The molecule has 1 fully saturated rings. The van der Waals surface area contributed by atoms with Gasteiger partial charge in [-0.2, -0.15) is 0 Å². The molecule has 92 valence electrons. The molecular weight excluding hydrogens is 247 g/mol. The minimum atomic E-state index is -3.03. The topological polar surface area (TPSA) is 60.4 Å². The molecule has 1 heterocycles. The summed E-state index contributed by atoms with van der Waals surface area (Å²) in [4.78, 5) is 10.5. The molecule has 2 rings (SSSR count). The molecule has 0 spiro atoms. The van der Waals surface area contributed by atoms with Crippen LogP contribution in [0.5, 0.6) is 5.75 Å². The summed E-state index contributed by atoms with van der Waals surface area (Å²) < 4.78 is 40.9. The average Bonchev–Trinajstić information content (AvgIpc) is 2.57. The largest absolute Gasteiger partial charge is 0.489 e. The van der Waals surface area contributed by atoms with E-state index in [1.54, 1.807) is 0 Å². The number of carbonyl (C=O) groups excluding carboxylic acids is 1. The van der Waals surface area contributed by atoms with Gasteiger partial charge < -0.3 is 4.74 Å². The minimum absolute atomic E-state index is 0.0556. The van der Waals surface area contributed by atoms with Crippen LogP contribution in [0.15, 0.2) is 18.2 Å². The maximum absolute atomic E-state index is 13.1. The Morgan fingerprint density at radius 3 is 2.71 bits per heavy atom. The highest BCUT2D eigenvalue weighted by atomic mass is 32.2. The molecule has 4 nitrogen and oxygen atoms in total. The van der Waals surface area contributed by atoms with Crippen LogP contribution in [0.1, 0.15) is 16.8 Å². The van der Waals surface area contributed by atoms with E-state index in [9.17, 15) is 17.6 Å². The Labute approximate surface area is 98.3 Å². The van der Waals surface area contributed by atoms with Crippen LogP contribution in [0.2, 0.25) is 0 Å². The normalized spacial score (nSPS) is 22.3. The molecule has 1 atom stereocenters. The molecule has 1 aromatic rings. The predicted octanol–water partition coefficient (Wildman–Crippen LogP) is 1.20. The lowest BCUT2D eigenvalue weighted by molar-refractivity contribution is 0.112. The van der Waals surface area contributed by atoms with Crippen LogP contribution in [-0.2, 0) is 9.84 Å². The van der Waals surface area contributed by atoms with E-state index in [1.165, 1.54) is 6.07 Å². The highest BCUT2D eigenvalue weighted by Crippen LogP contribution is 2.21. The molecule has 6 heteroatoms. The van der Waals surface area contributed by atoms with Gasteiger partial charge in [0.1, 0.15) is 24.0 Å². The Bertz CT molecular complexity index is 538. The van der Waals surface area contributed by atoms with Crippen molar-refractivity contribution in [1.82, 2.24) is 0 Å². The Morgan fingerprint density at radius 2 is 2.12 bits per heavy atom. The molecule has 1 saturated heterocycles. The van der Waals surface area contributed by atoms with Crippen LogP contribution in [0.3, 0.4) is 0 Å². The van der Waals surface area contributed by atoms with Crippen molar-refractivity contribution in [2.24, 2.45) is 0 Å². The summed E-state index contributed by atoms with van der Waals surface area (Å²) in [6, 6.07) is 3.62. The second-order valence-corrected chi connectivity index (χ2v) is 6.21. The van der Waals surface area contributed by atoms with E-state index < -0.39 is 21.8 Å². The van der Waals surface area contributed by atoms with Crippen LogP contribution in [0.4, 0.5) is 4.39 Å². The molecule has 17 heavy (non-hydrogen) atoms. The quantitative estimate of drug-likeness (QED) is 0.764. The molecule has 1 aromatic carbocycles. The molecule has 0 bridgehead atoms. The highest BCUT2D eigenvalue weighted by molar-refractivity contribution is 7.91. The van der Waals surface area contributed by atoms with Gasteiger partial charge in [0.2, 0.25) is 0 Å². The van der Waals surface area contributed by atoms with E-state index in [1.807, 2.05) is 0 Å². The van der Waals surface area contributed by atoms with Crippen LogP contribution in [0.25, 0.3) is 0 Å². The fraction of sp³-hybridized carbons (Fsp3) is 0.364. The Hall–Kier alpha value is -1.43. The van der Waals surface area contributed by atoms with Gasteiger partial charge >= 0.3 is 0 Å². The van der Waals surface area contributed by atoms with Crippen LogP contribution in [0, 0.1) is 5.82 Å². The Balaban J connectivity index is 2.14. The maximum atomic E-state index is 13.1. The second-order valence-electron chi connectivity index (χ2n) is 3.98. The second kappa shape index (κ2) is 4.44. The van der Waals surface area contributed by atoms with Crippen LogP contribution < -0.4 is 4.74 Å². The third kappa shape index (κ3) is 3.03. The number of aldehydes is 1. The maximum Gasteiger partial charge on any atom is 0.154 e. The Morgan fingerprint density at radius 1 is 1.35 bits per heavy atom. The van der Waals surface area contributed by atoms with E-state index in [4.69, 9.17) is 4.74 Å². The van der Waals surface area contributed by atoms with Gasteiger partial charge in [0.15, 0.2) is 9.84 Å². The van der Waals surface area contributed by atoms with E-state index in [2.05, 4.69) is 0 Å². The third-order valence-corrected chi connectivity index (χ3v) is 4.26. The van der Waals surface area contributed by atoms with Gasteiger partial charge in [-0.25, -0.2) is 12.8 Å². The summed E-state index contributed by atoms with van der Waals surface area (Å²) in [5, 5.41) is 0. The van der Waals surface area contributed by atoms with Crippen molar-refractivity contribution in [1.29, 1.82) is 0 Å². The molecule has 0 aromatic heterocycles. The van der Waals surface area contributed by atoms with Crippen molar-refractivity contribution >= 4 is 16.1 Å². The van der Waals surface area contributed by atoms with Gasteiger partial charge in [-0.1, -0.05) is 0 Å². The molecule has 1 aliphatic rings. The lowest BCUT2D eigenvalue weighted by atomic mass is 10.2. The standard InChI is InChI=1S/C11H11FO4S/c12-9-3-8(6-13)4-11(5-9)16-10-1-2-17(14,15)7-10/h3-6,10H,1-2,7H2. The third-order valence-electron chi connectivity index (χ3n) is 2.52. The zero-order chi connectivity index (χ0) is 12.5. The van der Waals surface area contributed by atoms with Gasteiger partial charge in [-0.15, -0.1) is 0 Å². The zero-order valence-electron chi connectivity index (χ0n) is 8.93. The summed E-state index contributed by atoms with van der Waals surface area (Å²) >= 11 is 0. The molecule has 0 aliphatic carbocycles. The summed E-state index contributed by atoms with van der Waals surface area (Å²) in [7, 11) is -3.03. The first-order valence-corrected chi connectivity index (χ1v) is 6.93. The van der Waals surface area contributed by atoms with Gasteiger partial charge in [0.05, 0.1) is 11.5 Å². The molecule has 0 radical (unpaired) electrons. The van der Waals surface area contributed by atoms with Crippen molar-refractivity contribution in [3.63, 3.8) is 0 Å². The van der Waals surface area contributed by atoms with Crippen LogP contribution >= 0.6 is 0 Å². The molecule has 0 N–H and O–H groups in total. The number of rotatable bonds is 3. The lowest BCUT2D eigenvalue weighted by Gasteiger charge is -2.12. The number of carbonyl (C=O) groups is 1. The number of sulfone groups is 1. The van der Waals surface area contributed by atoms with Crippen LogP contribution in [-0.4, -0.2) is 32.3 Å². The Kier molecular flexibility index (Phi) is 3.15. The SMILES string of the molecule is O=Cc1cc(F)cc(OC2CCS(=O)(=O)C2)c1. The van der Waals surface area contributed by atoms with E-state index >= 15 is 0 Å². The number of hydrogen-bond donors (Lipinski definition) is 0. The van der Waals surface area contributed by atoms with E-state index in [-0.39, 0.29) is 22.8 Å². The summed E-state index contributed by atoms with van der Waals surface area (Å²) in [6.45, 7) is 0. The van der Waals surface area contributed by atoms with Crippen molar-refractivity contribution in [2.75, 3.05) is 11.5 Å². The summed E-state index contributed by atoms with van der Waals surface area (Å²) in [5.41, 5.74) is 0.167. The van der Waals surface area contributed by atoms with E-state index in [0.29, 0.717) is 12.7 Å². The highest BCUT2D eigenvalue weighted by Gasteiger charge is 2.29. The molecule has 0 amide bonds. The fourth-order valence-electron chi connectivity index (χ4n) is 1.77. The lowest BCUT2D eigenvalue weighted by Crippen LogP contribution is -2.17. The van der Waals surface area contributed by atoms with Crippen molar-refractivity contribution < 1.29 is 22.3 Å². The molecule has 1 aliphatic heterocycles. The average molecular weight is 258 g/mol. The van der Waals surface area contributed by atoms with E-state index in [0.717, 1.165) is 12.1 Å². The summed E-state index contributed by atoms with van der Waals surface area (Å²) in [6.07, 6.45) is 0.456. The van der Waals surface area contributed by atoms with Gasteiger partial charge in [-0.3, -0.25) is 4.79 Å². The molecule has 0 saturated carbocycles.